The molecule has 0 atom stereocenters. The summed E-state index contributed by atoms with van der Waals surface area (Å²) in [6.07, 6.45) is 0. The Bertz CT molecular complexity index is 1310. The van der Waals surface area contributed by atoms with Crippen LogP contribution in [0.4, 0.5) is 5.69 Å². The summed E-state index contributed by atoms with van der Waals surface area (Å²) in [6.45, 7) is 11.0. The van der Waals surface area contributed by atoms with Crippen molar-refractivity contribution >= 4 is 23.3 Å². The van der Waals surface area contributed by atoms with Crippen molar-refractivity contribution in [1.82, 2.24) is 15.1 Å². The molecule has 39 heavy (non-hydrogen) atoms. The topological polar surface area (TPSA) is 136 Å². The number of benzene rings is 2. The Morgan fingerprint density at radius 3 is 2.36 bits per heavy atom. The molecule has 2 aromatic carbocycles. The van der Waals surface area contributed by atoms with Gasteiger partial charge in [0.2, 0.25) is 0 Å². The van der Waals surface area contributed by atoms with Crippen molar-refractivity contribution in [1.29, 1.82) is 5.41 Å². The fourth-order valence-corrected chi connectivity index (χ4v) is 4.18. The maximum absolute atomic E-state index is 13.0. The van der Waals surface area contributed by atoms with Crippen LogP contribution in [0.25, 0.3) is 0 Å². The van der Waals surface area contributed by atoms with Crippen molar-refractivity contribution in [2.45, 2.75) is 33.4 Å². The third-order valence-corrected chi connectivity index (χ3v) is 6.47. The second-order valence-electron chi connectivity index (χ2n) is 10.1. The Hall–Kier alpha value is -4.13. The molecule has 7 N–H and O–H groups in total. The molecule has 1 amide bonds. The molecule has 1 aliphatic heterocycles. The van der Waals surface area contributed by atoms with Gasteiger partial charge < -0.3 is 27.0 Å². The standard InChI is InChI=1S/C30H40N8O/c1-20(2)35-29(34-4)27(28(32)33)26(31)13-10-23-18-24(9-6-21(23)3)30(39)36-25-11-7-22(8-12-25)19-38-16-14-37(5)15-17-38/h6-9,11-12,18,20H,14-17,19,31H2,1-5H3,(H3,32,33)(H,34,35)(H,36,39)/b27-26-. The molecule has 9 heteroatoms. The van der Waals surface area contributed by atoms with Crippen molar-refractivity contribution in [2.24, 2.45) is 16.5 Å². The first-order chi connectivity index (χ1) is 18.6. The molecule has 0 radical (unpaired) electrons. The van der Waals surface area contributed by atoms with E-state index in [4.69, 9.17) is 16.9 Å². The Morgan fingerprint density at radius 2 is 1.77 bits per heavy atom. The van der Waals surface area contributed by atoms with Gasteiger partial charge in [0.05, 0.1) is 11.3 Å². The summed E-state index contributed by atoms with van der Waals surface area (Å²) in [6, 6.07) is 13.4. The minimum atomic E-state index is -0.227. The number of aryl methyl sites for hydroxylation is 1. The van der Waals surface area contributed by atoms with Crippen molar-refractivity contribution in [2.75, 3.05) is 45.6 Å². The number of hydrogen-bond donors (Lipinski definition) is 5. The molecular weight excluding hydrogens is 488 g/mol. The van der Waals surface area contributed by atoms with Gasteiger partial charge in [-0.25, -0.2) is 0 Å². The molecule has 3 rings (SSSR count). The highest BCUT2D eigenvalue weighted by Gasteiger charge is 2.16. The molecule has 1 heterocycles. The molecule has 1 aliphatic rings. The number of anilines is 1. The number of aliphatic imine (C=N–C) groups is 1. The third kappa shape index (κ3) is 8.43. The van der Waals surface area contributed by atoms with Crippen LogP contribution in [0.15, 0.2) is 58.7 Å². The van der Waals surface area contributed by atoms with Crippen molar-refractivity contribution < 1.29 is 4.79 Å². The van der Waals surface area contributed by atoms with Crippen LogP contribution >= 0.6 is 0 Å². The summed E-state index contributed by atoms with van der Waals surface area (Å²) in [7, 11) is 3.75. The minimum absolute atomic E-state index is 0.0735. The van der Waals surface area contributed by atoms with Gasteiger partial charge in [-0.05, 0) is 69.1 Å². The summed E-state index contributed by atoms with van der Waals surface area (Å²) < 4.78 is 0. The van der Waals surface area contributed by atoms with Gasteiger partial charge >= 0.3 is 0 Å². The second-order valence-corrected chi connectivity index (χ2v) is 10.1. The zero-order valence-corrected chi connectivity index (χ0v) is 23.6. The van der Waals surface area contributed by atoms with E-state index in [0.717, 1.165) is 44.0 Å². The fourth-order valence-electron chi connectivity index (χ4n) is 4.18. The predicted octanol–water partition coefficient (Wildman–Crippen LogP) is 2.52. The van der Waals surface area contributed by atoms with E-state index < -0.39 is 0 Å². The number of likely N-dealkylation sites (N-methyl/N-ethyl adjacent to an activating group) is 1. The molecular formula is C30H40N8O. The average Bonchev–Trinajstić information content (AvgIpc) is 2.89. The lowest BCUT2D eigenvalue weighted by Gasteiger charge is -2.32. The zero-order valence-electron chi connectivity index (χ0n) is 23.6. The summed E-state index contributed by atoms with van der Waals surface area (Å²) >= 11 is 0. The second kappa shape index (κ2) is 13.6. The first kappa shape index (κ1) is 29.4. The van der Waals surface area contributed by atoms with Crippen LogP contribution in [0.5, 0.6) is 0 Å². The highest BCUT2D eigenvalue weighted by Crippen LogP contribution is 2.16. The highest BCUT2D eigenvalue weighted by molar-refractivity contribution is 6.22. The van der Waals surface area contributed by atoms with E-state index in [1.165, 1.54) is 5.56 Å². The molecule has 1 saturated heterocycles. The lowest BCUT2D eigenvalue weighted by atomic mass is 10.0. The van der Waals surface area contributed by atoms with Crippen LogP contribution in [0.1, 0.15) is 40.9 Å². The number of nitrogens with two attached hydrogens (primary N) is 2. The monoisotopic (exact) mass is 528 g/mol. The number of nitrogens with one attached hydrogen (secondary N) is 3. The van der Waals surface area contributed by atoms with Crippen LogP contribution in [0.2, 0.25) is 0 Å². The number of hydrogen-bond acceptors (Lipinski definition) is 6. The number of amides is 1. The van der Waals surface area contributed by atoms with E-state index in [2.05, 4.69) is 56.4 Å². The van der Waals surface area contributed by atoms with E-state index >= 15 is 0 Å². The molecule has 206 valence electrons. The van der Waals surface area contributed by atoms with E-state index in [0.29, 0.717) is 17.0 Å². The summed E-state index contributed by atoms with van der Waals surface area (Å²) in [5, 5.41) is 14.1. The molecule has 0 unspecified atom stereocenters. The van der Waals surface area contributed by atoms with Gasteiger partial charge in [0.1, 0.15) is 11.7 Å². The Labute approximate surface area is 231 Å². The predicted molar refractivity (Wildman–Crippen MR) is 160 cm³/mol. The van der Waals surface area contributed by atoms with Gasteiger partial charge in [-0.1, -0.05) is 24.1 Å². The maximum Gasteiger partial charge on any atom is 0.255 e. The molecule has 9 nitrogen and oxygen atoms in total. The van der Waals surface area contributed by atoms with E-state index in [9.17, 15) is 4.79 Å². The van der Waals surface area contributed by atoms with Crippen LogP contribution in [-0.4, -0.2) is 73.7 Å². The first-order valence-corrected chi connectivity index (χ1v) is 13.1. The van der Waals surface area contributed by atoms with Crippen molar-refractivity contribution in [3.8, 4) is 11.8 Å². The largest absolute Gasteiger partial charge is 0.391 e. The molecule has 0 saturated carbocycles. The quantitative estimate of drug-likeness (QED) is 0.213. The third-order valence-electron chi connectivity index (χ3n) is 6.47. The van der Waals surface area contributed by atoms with E-state index in [1.807, 2.05) is 39.0 Å². The van der Waals surface area contributed by atoms with E-state index in [-0.39, 0.29) is 29.1 Å². The minimum Gasteiger partial charge on any atom is -0.391 e. The van der Waals surface area contributed by atoms with Crippen molar-refractivity contribution in [3.05, 3.63) is 76.0 Å². The van der Waals surface area contributed by atoms with Crippen molar-refractivity contribution in [3.63, 3.8) is 0 Å². The number of piperazine rings is 1. The summed E-state index contributed by atoms with van der Waals surface area (Å²) in [5.41, 5.74) is 16.4. The number of rotatable bonds is 7. The molecule has 0 bridgehead atoms. The van der Waals surface area contributed by atoms with Gasteiger partial charge in [-0.3, -0.25) is 20.1 Å². The number of nitrogens with zero attached hydrogens (tertiary/aromatic N) is 3. The zero-order chi connectivity index (χ0) is 28.5. The SMILES string of the molecule is CN=C(NC(C)C)/C(C(=N)N)=C(\N)C#Cc1cc(C(=O)Nc2ccc(CN3CCN(C)CC3)cc2)ccc1C. The van der Waals surface area contributed by atoms with Crippen LogP contribution < -0.4 is 22.1 Å². The van der Waals surface area contributed by atoms with Gasteiger partial charge in [0.15, 0.2) is 0 Å². The number of carbonyl (C=O) groups excluding carboxylic acids is 1. The highest BCUT2D eigenvalue weighted by atomic mass is 16.1. The molecule has 0 aliphatic carbocycles. The van der Waals surface area contributed by atoms with Crippen LogP contribution in [0.3, 0.4) is 0 Å². The molecule has 1 fully saturated rings. The maximum atomic E-state index is 13.0. The lowest BCUT2D eigenvalue weighted by Crippen LogP contribution is -2.43. The molecule has 2 aromatic rings. The van der Waals surface area contributed by atoms with Crippen LogP contribution in [0, 0.1) is 24.2 Å². The molecule has 0 aromatic heterocycles. The number of allylic oxidation sites excluding steroid dienone is 1. The van der Waals surface area contributed by atoms with E-state index in [1.54, 1.807) is 19.2 Å². The smallest absolute Gasteiger partial charge is 0.255 e. The Balaban J connectivity index is 1.74. The van der Waals surface area contributed by atoms with Gasteiger partial charge in [0.25, 0.3) is 5.91 Å². The molecule has 0 spiro atoms. The summed E-state index contributed by atoms with van der Waals surface area (Å²) in [5.74, 6) is 5.88. The lowest BCUT2D eigenvalue weighted by molar-refractivity contribution is 0.102. The first-order valence-electron chi connectivity index (χ1n) is 13.1. The summed E-state index contributed by atoms with van der Waals surface area (Å²) in [4.78, 5) is 22.0. The fraction of sp³-hybridized carbons (Fsp3) is 0.367. The van der Waals surface area contributed by atoms with Gasteiger partial charge in [-0.15, -0.1) is 0 Å². The Morgan fingerprint density at radius 1 is 1.10 bits per heavy atom. The number of carbonyl (C=O) groups is 1. The normalized spacial score (nSPS) is 15.3. The van der Waals surface area contributed by atoms with Gasteiger partial charge in [0, 0.05) is 62.6 Å². The van der Waals surface area contributed by atoms with Crippen LogP contribution in [-0.2, 0) is 6.54 Å². The number of amidine groups is 2. The Kier molecular flexibility index (Phi) is 10.3. The van der Waals surface area contributed by atoms with Gasteiger partial charge in [-0.2, -0.15) is 0 Å². The average molecular weight is 529 g/mol.